The zero-order valence-corrected chi connectivity index (χ0v) is 12.1. The van der Waals surface area contributed by atoms with E-state index in [1.54, 1.807) is 0 Å². The Labute approximate surface area is 113 Å². The van der Waals surface area contributed by atoms with Crippen molar-refractivity contribution in [1.29, 1.82) is 0 Å². The zero-order chi connectivity index (χ0) is 13.7. The molecule has 2 N–H and O–H groups in total. The van der Waals surface area contributed by atoms with E-state index >= 15 is 0 Å². The van der Waals surface area contributed by atoms with Crippen molar-refractivity contribution in [3.8, 4) is 0 Å². The Morgan fingerprint density at radius 1 is 1.17 bits per heavy atom. The third-order valence-corrected chi connectivity index (χ3v) is 2.47. The monoisotopic (exact) mass is 272 g/mol. The summed E-state index contributed by atoms with van der Waals surface area (Å²) in [6, 6.07) is 0. The Kier molecular flexibility index (Phi) is 5.55. The first-order valence-corrected chi connectivity index (χ1v) is 6.33. The van der Waals surface area contributed by atoms with Gasteiger partial charge in [0.25, 0.3) is 0 Å². The van der Waals surface area contributed by atoms with Gasteiger partial charge < -0.3 is 15.5 Å². The van der Waals surface area contributed by atoms with Crippen LogP contribution in [0.25, 0.3) is 0 Å². The van der Waals surface area contributed by atoms with Crippen molar-refractivity contribution in [2.75, 3.05) is 44.4 Å². The van der Waals surface area contributed by atoms with Crippen molar-refractivity contribution in [3.05, 3.63) is 5.28 Å². The van der Waals surface area contributed by atoms with Crippen molar-refractivity contribution in [1.82, 2.24) is 19.9 Å². The van der Waals surface area contributed by atoms with Crippen LogP contribution in [0.1, 0.15) is 13.8 Å². The Morgan fingerprint density at radius 2 is 1.83 bits per heavy atom. The fraction of sp³-hybridized carbons (Fsp3) is 0.727. The number of anilines is 2. The Hall–Kier alpha value is -1.14. The Bertz CT molecular complexity index is 362. The molecule has 0 fully saturated rings. The molecule has 0 bridgehead atoms. The van der Waals surface area contributed by atoms with Crippen LogP contribution in [0, 0.1) is 5.92 Å². The van der Waals surface area contributed by atoms with Gasteiger partial charge in [-0.15, -0.1) is 0 Å². The largest absolute Gasteiger partial charge is 0.368 e. The van der Waals surface area contributed by atoms with Gasteiger partial charge in [0.1, 0.15) is 0 Å². The summed E-state index contributed by atoms with van der Waals surface area (Å²) in [4.78, 5) is 16.2. The smallest absolute Gasteiger partial charge is 0.231 e. The molecule has 0 aliphatic heterocycles. The van der Waals surface area contributed by atoms with E-state index in [0.29, 0.717) is 11.9 Å². The van der Waals surface area contributed by atoms with Gasteiger partial charge in [-0.3, -0.25) is 0 Å². The van der Waals surface area contributed by atoms with E-state index in [0.717, 1.165) is 19.6 Å². The maximum absolute atomic E-state index is 5.81. The lowest BCUT2D eigenvalue weighted by molar-refractivity contribution is 0.407. The normalized spacial score (nSPS) is 11.3. The SMILES string of the molecule is CC(C)CN(CCN(C)C)c1nc(N)nc(Cl)n1. The molecule has 102 valence electrons. The number of aromatic nitrogens is 3. The first-order chi connectivity index (χ1) is 8.38. The van der Waals surface area contributed by atoms with Gasteiger partial charge in [-0.2, -0.15) is 15.0 Å². The average molecular weight is 273 g/mol. The molecule has 0 atom stereocenters. The van der Waals surface area contributed by atoms with Gasteiger partial charge in [-0.25, -0.2) is 0 Å². The maximum atomic E-state index is 5.81. The molecular weight excluding hydrogens is 252 g/mol. The minimum absolute atomic E-state index is 0.135. The summed E-state index contributed by atoms with van der Waals surface area (Å²) < 4.78 is 0. The van der Waals surface area contributed by atoms with E-state index in [1.807, 2.05) is 14.1 Å². The molecule has 1 rings (SSSR count). The molecule has 1 heterocycles. The molecule has 18 heavy (non-hydrogen) atoms. The molecule has 0 saturated heterocycles. The van der Waals surface area contributed by atoms with Crippen molar-refractivity contribution < 1.29 is 0 Å². The number of hydrogen-bond donors (Lipinski definition) is 1. The third-order valence-electron chi connectivity index (χ3n) is 2.30. The van der Waals surface area contributed by atoms with Gasteiger partial charge in [0.2, 0.25) is 17.2 Å². The van der Waals surface area contributed by atoms with E-state index in [2.05, 4.69) is 38.6 Å². The molecule has 0 saturated carbocycles. The van der Waals surface area contributed by atoms with E-state index in [9.17, 15) is 0 Å². The summed E-state index contributed by atoms with van der Waals surface area (Å²) >= 11 is 5.81. The van der Waals surface area contributed by atoms with Crippen LogP contribution in [-0.4, -0.2) is 53.6 Å². The molecule has 7 heteroatoms. The Morgan fingerprint density at radius 3 is 2.33 bits per heavy atom. The first-order valence-electron chi connectivity index (χ1n) is 5.95. The first kappa shape index (κ1) is 14.9. The average Bonchev–Trinajstić information content (AvgIpc) is 2.22. The lowest BCUT2D eigenvalue weighted by Crippen LogP contribution is -2.35. The molecule has 1 aromatic rings. The highest BCUT2D eigenvalue weighted by atomic mass is 35.5. The minimum Gasteiger partial charge on any atom is -0.368 e. The lowest BCUT2D eigenvalue weighted by atomic mass is 10.2. The van der Waals surface area contributed by atoms with Crippen LogP contribution in [0.4, 0.5) is 11.9 Å². The van der Waals surface area contributed by atoms with Crippen LogP contribution in [0.15, 0.2) is 0 Å². The van der Waals surface area contributed by atoms with E-state index in [-0.39, 0.29) is 11.2 Å². The second-order valence-corrected chi connectivity index (χ2v) is 5.24. The van der Waals surface area contributed by atoms with Gasteiger partial charge in [0, 0.05) is 19.6 Å². The molecule has 0 unspecified atom stereocenters. The summed E-state index contributed by atoms with van der Waals surface area (Å²) in [6.45, 7) is 6.89. The second-order valence-electron chi connectivity index (χ2n) is 4.91. The predicted molar refractivity (Wildman–Crippen MR) is 74.9 cm³/mol. The number of nitrogen functional groups attached to an aromatic ring is 1. The number of rotatable bonds is 6. The summed E-state index contributed by atoms with van der Waals surface area (Å²) in [6.07, 6.45) is 0. The van der Waals surface area contributed by atoms with Crippen LogP contribution in [0.3, 0.4) is 0 Å². The van der Waals surface area contributed by atoms with Gasteiger partial charge in [0.05, 0.1) is 0 Å². The number of nitrogens with zero attached hydrogens (tertiary/aromatic N) is 5. The highest BCUT2D eigenvalue weighted by molar-refractivity contribution is 6.28. The highest BCUT2D eigenvalue weighted by Crippen LogP contribution is 2.13. The molecule has 1 aromatic heterocycles. The van der Waals surface area contributed by atoms with Crippen molar-refractivity contribution >= 4 is 23.5 Å². The maximum Gasteiger partial charge on any atom is 0.231 e. The van der Waals surface area contributed by atoms with E-state index in [1.165, 1.54) is 0 Å². The standard InChI is InChI=1S/C11H21ClN6/c1-8(2)7-18(6-5-17(3)4)11-15-9(12)14-10(13)16-11/h8H,5-7H2,1-4H3,(H2,13,14,15,16). The minimum atomic E-state index is 0.135. The van der Waals surface area contributed by atoms with Gasteiger partial charge in [-0.05, 0) is 31.6 Å². The summed E-state index contributed by atoms with van der Waals surface area (Å²) in [5.74, 6) is 1.20. The Balaban J connectivity index is 2.86. The summed E-state index contributed by atoms with van der Waals surface area (Å²) in [5.41, 5.74) is 5.60. The van der Waals surface area contributed by atoms with Gasteiger partial charge in [-0.1, -0.05) is 13.8 Å². The molecule has 0 aliphatic carbocycles. The quantitative estimate of drug-likeness (QED) is 0.837. The highest BCUT2D eigenvalue weighted by Gasteiger charge is 2.13. The number of halogens is 1. The number of nitrogens with two attached hydrogens (primary N) is 1. The molecule has 0 radical (unpaired) electrons. The van der Waals surface area contributed by atoms with Crippen LogP contribution in [-0.2, 0) is 0 Å². The molecule has 0 spiro atoms. The summed E-state index contributed by atoms with van der Waals surface area (Å²) in [5, 5.41) is 0.135. The topological polar surface area (TPSA) is 71.2 Å². The van der Waals surface area contributed by atoms with Crippen LogP contribution in [0.2, 0.25) is 5.28 Å². The van der Waals surface area contributed by atoms with Gasteiger partial charge >= 0.3 is 0 Å². The van der Waals surface area contributed by atoms with Crippen molar-refractivity contribution in [2.24, 2.45) is 5.92 Å². The molecule has 6 nitrogen and oxygen atoms in total. The summed E-state index contributed by atoms with van der Waals surface area (Å²) in [7, 11) is 4.06. The fourth-order valence-electron chi connectivity index (χ4n) is 1.53. The number of hydrogen-bond acceptors (Lipinski definition) is 6. The molecule has 0 amide bonds. The lowest BCUT2D eigenvalue weighted by Gasteiger charge is -2.26. The van der Waals surface area contributed by atoms with Crippen molar-refractivity contribution in [2.45, 2.75) is 13.8 Å². The zero-order valence-electron chi connectivity index (χ0n) is 11.4. The van der Waals surface area contributed by atoms with Crippen LogP contribution < -0.4 is 10.6 Å². The molecular formula is C11H21ClN6. The van der Waals surface area contributed by atoms with E-state index < -0.39 is 0 Å². The van der Waals surface area contributed by atoms with Crippen LogP contribution in [0.5, 0.6) is 0 Å². The fourth-order valence-corrected chi connectivity index (χ4v) is 1.69. The van der Waals surface area contributed by atoms with E-state index in [4.69, 9.17) is 17.3 Å². The third kappa shape index (κ3) is 5.01. The second kappa shape index (κ2) is 6.70. The van der Waals surface area contributed by atoms with Crippen LogP contribution >= 0.6 is 11.6 Å². The van der Waals surface area contributed by atoms with Crippen molar-refractivity contribution in [3.63, 3.8) is 0 Å². The predicted octanol–water partition coefficient (Wildman–Crippen LogP) is 1.13. The molecule has 0 aliphatic rings. The van der Waals surface area contributed by atoms with Gasteiger partial charge in [0.15, 0.2) is 0 Å². The molecule has 0 aromatic carbocycles. The number of likely N-dealkylation sites (N-methyl/N-ethyl adjacent to an activating group) is 1.